The number of aliphatic hydroxyl groups is 1. The van der Waals surface area contributed by atoms with Gasteiger partial charge in [-0.3, -0.25) is 24.2 Å². The average molecular weight is 633 g/mol. The zero-order chi connectivity index (χ0) is 33.2. The number of nitrogens with zero attached hydrogens (tertiary/aromatic N) is 5. The number of halogens is 2. The van der Waals surface area contributed by atoms with Crippen molar-refractivity contribution in [1.82, 2.24) is 19.7 Å². The van der Waals surface area contributed by atoms with Gasteiger partial charge < -0.3 is 9.84 Å². The molecule has 0 radical (unpaired) electrons. The lowest BCUT2D eigenvalue weighted by Crippen LogP contribution is -2.62. The summed E-state index contributed by atoms with van der Waals surface area (Å²) >= 11 is 6.30. The number of benzene rings is 2. The molecule has 3 heterocycles. The molecule has 2 aliphatic rings. The molecular formula is C31H29B4ClFN5O4. The Hall–Kier alpha value is -4.17. The van der Waals surface area contributed by atoms with Crippen LogP contribution in [0.1, 0.15) is 61.5 Å². The van der Waals surface area contributed by atoms with Crippen molar-refractivity contribution in [3.63, 3.8) is 0 Å². The van der Waals surface area contributed by atoms with Gasteiger partial charge in [-0.1, -0.05) is 23.7 Å². The zero-order valence-corrected chi connectivity index (χ0v) is 26.9. The van der Waals surface area contributed by atoms with E-state index < -0.39 is 39.4 Å². The minimum absolute atomic E-state index is 0.0182. The van der Waals surface area contributed by atoms with Crippen LogP contribution in [0.15, 0.2) is 67.1 Å². The molecule has 0 bridgehead atoms. The molecule has 6 rings (SSSR count). The number of carbonyl (C=O) groups is 2. The Labute approximate surface area is 274 Å². The summed E-state index contributed by atoms with van der Waals surface area (Å²) in [5, 5.41) is 22.8. The lowest BCUT2D eigenvalue weighted by molar-refractivity contribution is -0.169. The van der Waals surface area contributed by atoms with Crippen molar-refractivity contribution in [2.75, 3.05) is 0 Å². The molecule has 1 atom stereocenters. The molecule has 2 aromatic carbocycles. The predicted octanol–water partition coefficient (Wildman–Crippen LogP) is 0.196. The maximum atomic E-state index is 16.8. The highest BCUT2D eigenvalue weighted by molar-refractivity contribution is 6.45. The third-order valence-electron chi connectivity index (χ3n) is 9.50. The second-order valence-corrected chi connectivity index (χ2v) is 13.5. The number of carbonyl (C=O) groups excluding carboxylic acids is 2. The van der Waals surface area contributed by atoms with E-state index in [0.29, 0.717) is 34.7 Å². The van der Waals surface area contributed by atoms with Gasteiger partial charge in [-0.25, -0.2) is 4.39 Å². The summed E-state index contributed by atoms with van der Waals surface area (Å²) in [6.07, 6.45) is 5.61. The fraction of sp³-hybridized carbons (Fsp3) is 0.258. The van der Waals surface area contributed by atoms with Crippen LogP contribution >= 0.6 is 11.6 Å². The quantitative estimate of drug-likeness (QED) is 0.207. The van der Waals surface area contributed by atoms with Gasteiger partial charge in [-0.15, -0.1) is 0 Å². The van der Waals surface area contributed by atoms with Gasteiger partial charge in [-0.2, -0.15) is 10.4 Å². The van der Waals surface area contributed by atoms with E-state index in [1.54, 1.807) is 59.1 Å². The molecule has 1 saturated carbocycles. The number of ketones is 1. The Morgan fingerprint density at radius 3 is 2.37 bits per heavy atom. The minimum Gasteiger partial charge on any atom is -0.407 e. The summed E-state index contributed by atoms with van der Waals surface area (Å²) in [6.45, 7) is -0.126. The van der Waals surface area contributed by atoms with E-state index in [0.717, 1.165) is 6.07 Å². The summed E-state index contributed by atoms with van der Waals surface area (Å²) in [5.74, 6) is -1.89. The monoisotopic (exact) mass is 633 g/mol. The van der Waals surface area contributed by atoms with Gasteiger partial charge in [0.15, 0.2) is 11.5 Å². The lowest BCUT2D eigenvalue weighted by Gasteiger charge is -2.51. The fourth-order valence-electron chi connectivity index (χ4n) is 6.99. The molecule has 1 aliphatic carbocycles. The number of aryl methyl sites for hydroxylation is 1. The van der Waals surface area contributed by atoms with Crippen LogP contribution in [0, 0.1) is 22.6 Å². The van der Waals surface area contributed by atoms with Crippen LogP contribution in [-0.2, 0) is 24.1 Å². The van der Waals surface area contributed by atoms with E-state index in [-0.39, 0.29) is 28.8 Å². The summed E-state index contributed by atoms with van der Waals surface area (Å²) in [5.41, 5.74) is -1.27. The van der Waals surface area contributed by atoms with Crippen LogP contribution in [0.3, 0.4) is 0 Å². The highest BCUT2D eigenvalue weighted by atomic mass is 35.5. The van der Waals surface area contributed by atoms with Gasteiger partial charge in [0.1, 0.15) is 43.3 Å². The Balaban J connectivity index is 1.60. The van der Waals surface area contributed by atoms with E-state index in [1.807, 2.05) is 21.8 Å². The molecule has 2 aromatic heterocycles. The average Bonchev–Trinajstić information content (AvgIpc) is 3.70. The second kappa shape index (κ2) is 11.0. The van der Waals surface area contributed by atoms with Crippen molar-refractivity contribution in [3.8, 4) is 6.07 Å². The predicted molar refractivity (Wildman–Crippen MR) is 179 cm³/mol. The number of pyridine rings is 1. The van der Waals surface area contributed by atoms with Crippen LogP contribution in [0.25, 0.3) is 0 Å². The first-order chi connectivity index (χ1) is 21.6. The molecule has 0 spiro atoms. The molecule has 9 nitrogen and oxygen atoms in total. The number of rotatable bonds is 9. The largest absolute Gasteiger partial charge is 0.407 e. The van der Waals surface area contributed by atoms with Crippen molar-refractivity contribution >= 4 is 54.7 Å². The number of fused-ring (bicyclic) bond motifs is 1. The zero-order valence-electron chi connectivity index (χ0n) is 26.1. The van der Waals surface area contributed by atoms with Crippen LogP contribution in [-0.4, -0.2) is 78.6 Å². The van der Waals surface area contributed by atoms with Crippen LogP contribution < -0.4 is 0 Å². The molecule has 1 N–H and O–H groups in total. The van der Waals surface area contributed by atoms with Crippen LogP contribution in [0.2, 0.25) is 5.02 Å². The normalized spacial score (nSPS) is 18.7. The van der Waals surface area contributed by atoms with Crippen molar-refractivity contribution < 1.29 is 23.8 Å². The molecule has 15 heteroatoms. The van der Waals surface area contributed by atoms with Gasteiger partial charge >= 0.3 is 0 Å². The Kier molecular flexibility index (Phi) is 7.59. The molecule has 46 heavy (non-hydrogen) atoms. The van der Waals surface area contributed by atoms with Crippen LogP contribution in [0.5, 0.6) is 0 Å². The number of aromatic nitrogens is 3. The molecule has 1 aliphatic heterocycles. The first-order valence-corrected chi connectivity index (χ1v) is 15.2. The Morgan fingerprint density at radius 1 is 1.13 bits per heavy atom. The number of ether oxygens (including phenoxy) is 1. The fourth-order valence-corrected chi connectivity index (χ4v) is 7.12. The maximum absolute atomic E-state index is 16.8. The first-order valence-electron chi connectivity index (χ1n) is 14.9. The highest BCUT2D eigenvalue weighted by Gasteiger charge is 2.66. The Bertz CT molecular complexity index is 1920. The maximum Gasteiger partial charge on any atom is 0.257 e. The Morgan fingerprint density at radius 2 is 1.83 bits per heavy atom. The van der Waals surface area contributed by atoms with Gasteiger partial charge in [0.25, 0.3) is 5.91 Å². The second-order valence-electron chi connectivity index (χ2n) is 13.1. The summed E-state index contributed by atoms with van der Waals surface area (Å²) in [6, 6.07) is 14.4. The van der Waals surface area contributed by atoms with E-state index in [4.69, 9.17) is 16.3 Å². The first kappa shape index (κ1) is 31.8. The summed E-state index contributed by atoms with van der Waals surface area (Å²) in [7, 11) is 8.80. The number of nitriles is 1. The van der Waals surface area contributed by atoms with Gasteiger partial charge in [0.2, 0.25) is 0 Å². The molecule has 4 aromatic rings. The minimum atomic E-state index is -1.86. The number of hydrogen-bond donors (Lipinski definition) is 1. The van der Waals surface area contributed by atoms with Gasteiger partial charge in [0, 0.05) is 46.4 Å². The highest BCUT2D eigenvalue weighted by Crippen LogP contribution is 2.61. The molecular weight excluding hydrogens is 604 g/mol. The summed E-state index contributed by atoms with van der Waals surface area (Å²) in [4.78, 5) is 33.8. The smallest absolute Gasteiger partial charge is 0.257 e. The van der Waals surface area contributed by atoms with Crippen molar-refractivity contribution in [2.24, 2.45) is 12.5 Å². The van der Waals surface area contributed by atoms with Crippen molar-refractivity contribution in [3.05, 3.63) is 117 Å². The van der Waals surface area contributed by atoms with Crippen molar-refractivity contribution in [2.45, 2.75) is 35.9 Å². The molecule has 228 valence electrons. The molecule has 0 unspecified atom stereocenters. The lowest BCUT2D eigenvalue weighted by atomic mass is 9.43. The third-order valence-corrected chi connectivity index (χ3v) is 9.75. The topological polar surface area (TPSA) is 121 Å². The van der Waals surface area contributed by atoms with E-state index >= 15 is 4.39 Å². The molecule has 1 amide bonds. The molecule has 1 fully saturated rings. The standard InChI is InChI=1S/C31H29B4ClFN5O4/c1-41-15-19(14-40-41)26(43)18-10-23-25(24(37)11-18)29(20-3-5-21(36)6-4-20,46-31(34,35)28(8-9-28)30(32,33)45)42(27(23)44)16-22-7-2-17(12-38)13-39-22/h2-7,10-11,13-15,45H,8-9,16,32-35H2,1H3/t29-/m1/s1. The number of hydrogen-bond acceptors (Lipinski definition) is 7. The summed E-state index contributed by atoms with van der Waals surface area (Å²) < 4.78 is 25.4. The van der Waals surface area contributed by atoms with Gasteiger partial charge in [-0.05, 0) is 54.7 Å². The van der Waals surface area contributed by atoms with E-state index in [9.17, 15) is 20.0 Å². The van der Waals surface area contributed by atoms with E-state index in [1.165, 1.54) is 34.2 Å². The van der Waals surface area contributed by atoms with E-state index in [2.05, 4.69) is 10.1 Å². The number of amides is 1. The third kappa shape index (κ3) is 4.98. The van der Waals surface area contributed by atoms with Gasteiger partial charge in [0.05, 0.1) is 40.7 Å². The molecule has 0 saturated heterocycles. The van der Waals surface area contributed by atoms with Crippen LogP contribution in [0.4, 0.5) is 4.39 Å². The SMILES string of the molecule is BC(B)(O)C1(C(B)(B)O[C@]2(c3ccc(Cl)cc3)c3c(F)cc(C(=O)c4cnn(C)c4)cc3C(=O)N2Cc2ccc(C#N)cn2)CC1. The van der Waals surface area contributed by atoms with Crippen molar-refractivity contribution in [1.29, 1.82) is 5.26 Å².